The first kappa shape index (κ1) is 14.8. The first-order valence-electron chi connectivity index (χ1n) is 7.34. The molecule has 0 radical (unpaired) electrons. The molecule has 1 heterocycles. The zero-order valence-corrected chi connectivity index (χ0v) is 12.8. The Morgan fingerprint density at radius 2 is 1.86 bits per heavy atom. The number of anilines is 2. The van der Waals surface area contributed by atoms with Gasteiger partial charge >= 0.3 is 0 Å². The maximum atomic E-state index is 11.8. The average molecular weight is 317 g/mol. The molecule has 2 N–H and O–H groups in total. The van der Waals surface area contributed by atoms with E-state index in [9.17, 15) is 4.79 Å². The van der Waals surface area contributed by atoms with Gasteiger partial charge in [0.2, 0.25) is 5.91 Å². The van der Waals surface area contributed by atoms with Crippen LogP contribution in [0.1, 0.15) is 24.8 Å². The molecule has 0 bridgehead atoms. The Morgan fingerprint density at radius 3 is 2.50 bits per heavy atom. The number of carbonyl (C=O) groups excluding carboxylic acids is 1. The van der Waals surface area contributed by atoms with E-state index in [0.29, 0.717) is 23.2 Å². The van der Waals surface area contributed by atoms with Crippen LogP contribution in [0, 0.1) is 5.92 Å². The summed E-state index contributed by atoms with van der Waals surface area (Å²) < 4.78 is 0. The summed E-state index contributed by atoms with van der Waals surface area (Å²) in [5, 5.41) is 14.7. The van der Waals surface area contributed by atoms with Crippen LogP contribution >= 0.6 is 11.6 Å². The summed E-state index contributed by atoms with van der Waals surface area (Å²) in [6.45, 7) is 0.572. The van der Waals surface area contributed by atoms with E-state index >= 15 is 0 Å². The Hall–Kier alpha value is -2.14. The third-order valence-electron chi connectivity index (χ3n) is 3.81. The van der Waals surface area contributed by atoms with Gasteiger partial charge in [-0.1, -0.05) is 36.2 Å². The van der Waals surface area contributed by atoms with Gasteiger partial charge in [0, 0.05) is 17.5 Å². The van der Waals surface area contributed by atoms with Gasteiger partial charge in [0.25, 0.3) is 0 Å². The molecule has 0 spiro atoms. The van der Waals surface area contributed by atoms with E-state index in [2.05, 4.69) is 20.8 Å². The SMILES string of the molecule is O=C(Nc1ccc(NCc2ccccc2Cl)nn1)C1CCC1. The largest absolute Gasteiger partial charge is 0.364 e. The molecular weight excluding hydrogens is 300 g/mol. The molecule has 1 saturated carbocycles. The zero-order valence-electron chi connectivity index (χ0n) is 12.1. The lowest BCUT2D eigenvalue weighted by molar-refractivity contribution is -0.122. The van der Waals surface area contributed by atoms with Gasteiger partial charge in [-0.15, -0.1) is 10.2 Å². The topological polar surface area (TPSA) is 66.9 Å². The second-order valence-corrected chi connectivity index (χ2v) is 5.77. The van der Waals surface area contributed by atoms with Gasteiger partial charge in [-0.25, -0.2) is 0 Å². The molecule has 1 aromatic heterocycles. The predicted molar refractivity (Wildman–Crippen MR) is 86.8 cm³/mol. The lowest BCUT2D eigenvalue weighted by Gasteiger charge is -2.23. The second-order valence-electron chi connectivity index (χ2n) is 5.37. The highest BCUT2D eigenvalue weighted by atomic mass is 35.5. The summed E-state index contributed by atoms with van der Waals surface area (Å²) in [6.07, 6.45) is 3.07. The summed E-state index contributed by atoms with van der Waals surface area (Å²) in [5.41, 5.74) is 0.994. The molecule has 0 atom stereocenters. The van der Waals surface area contributed by atoms with Crippen molar-refractivity contribution in [3.8, 4) is 0 Å². The Balaban J connectivity index is 1.55. The van der Waals surface area contributed by atoms with Crippen molar-refractivity contribution < 1.29 is 4.79 Å². The quantitative estimate of drug-likeness (QED) is 0.886. The van der Waals surface area contributed by atoms with Crippen LogP contribution in [-0.4, -0.2) is 16.1 Å². The summed E-state index contributed by atoms with van der Waals surface area (Å²) in [4.78, 5) is 11.8. The van der Waals surface area contributed by atoms with Gasteiger partial charge in [0.05, 0.1) is 0 Å². The highest BCUT2D eigenvalue weighted by Crippen LogP contribution is 2.27. The highest BCUT2D eigenvalue weighted by Gasteiger charge is 2.25. The van der Waals surface area contributed by atoms with Crippen molar-refractivity contribution in [1.29, 1.82) is 0 Å². The van der Waals surface area contributed by atoms with Crippen molar-refractivity contribution >= 4 is 29.1 Å². The minimum atomic E-state index is 0.0392. The minimum absolute atomic E-state index is 0.0392. The first-order valence-corrected chi connectivity index (χ1v) is 7.72. The lowest BCUT2D eigenvalue weighted by atomic mass is 9.85. The molecule has 5 nitrogen and oxygen atoms in total. The van der Waals surface area contributed by atoms with Gasteiger partial charge in [0.1, 0.15) is 5.82 Å². The summed E-state index contributed by atoms with van der Waals surface area (Å²) in [7, 11) is 0. The van der Waals surface area contributed by atoms with E-state index < -0.39 is 0 Å². The molecule has 114 valence electrons. The minimum Gasteiger partial charge on any atom is -0.364 e. The van der Waals surface area contributed by atoms with Crippen molar-refractivity contribution in [2.24, 2.45) is 5.92 Å². The number of benzene rings is 1. The molecule has 1 aromatic carbocycles. The van der Waals surface area contributed by atoms with E-state index in [1.807, 2.05) is 24.3 Å². The fourth-order valence-electron chi connectivity index (χ4n) is 2.22. The molecule has 2 aromatic rings. The molecular formula is C16H17ClN4O. The Kier molecular flexibility index (Phi) is 4.53. The Bertz CT molecular complexity index is 655. The van der Waals surface area contributed by atoms with Crippen molar-refractivity contribution in [3.63, 3.8) is 0 Å². The maximum Gasteiger partial charge on any atom is 0.228 e. The van der Waals surface area contributed by atoms with Gasteiger partial charge < -0.3 is 10.6 Å². The van der Waals surface area contributed by atoms with Crippen LogP contribution in [0.15, 0.2) is 36.4 Å². The van der Waals surface area contributed by atoms with Crippen LogP contribution in [0.25, 0.3) is 0 Å². The second kappa shape index (κ2) is 6.75. The van der Waals surface area contributed by atoms with Crippen LogP contribution < -0.4 is 10.6 Å². The van der Waals surface area contributed by atoms with E-state index in [4.69, 9.17) is 11.6 Å². The van der Waals surface area contributed by atoms with Crippen molar-refractivity contribution in [2.45, 2.75) is 25.8 Å². The number of halogens is 1. The van der Waals surface area contributed by atoms with Crippen molar-refractivity contribution in [2.75, 3.05) is 10.6 Å². The van der Waals surface area contributed by atoms with Crippen molar-refractivity contribution in [1.82, 2.24) is 10.2 Å². The van der Waals surface area contributed by atoms with E-state index in [1.54, 1.807) is 12.1 Å². The molecule has 1 aliphatic carbocycles. The van der Waals surface area contributed by atoms with E-state index in [0.717, 1.165) is 24.8 Å². The fourth-order valence-corrected chi connectivity index (χ4v) is 2.42. The molecule has 1 amide bonds. The number of hydrogen-bond acceptors (Lipinski definition) is 4. The lowest BCUT2D eigenvalue weighted by Crippen LogP contribution is -2.28. The van der Waals surface area contributed by atoms with Gasteiger partial charge in [-0.3, -0.25) is 4.79 Å². The van der Waals surface area contributed by atoms with Gasteiger partial charge in [0.15, 0.2) is 5.82 Å². The molecule has 0 saturated heterocycles. The normalized spacial score (nSPS) is 14.2. The number of hydrogen-bond donors (Lipinski definition) is 2. The number of nitrogens with one attached hydrogen (secondary N) is 2. The molecule has 22 heavy (non-hydrogen) atoms. The molecule has 0 aliphatic heterocycles. The van der Waals surface area contributed by atoms with Crippen LogP contribution in [0.4, 0.5) is 11.6 Å². The smallest absolute Gasteiger partial charge is 0.228 e. The number of amides is 1. The van der Waals surface area contributed by atoms with Crippen LogP contribution in [0.3, 0.4) is 0 Å². The molecule has 3 rings (SSSR count). The summed E-state index contributed by atoms with van der Waals surface area (Å²) in [5.74, 6) is 1.30. The number of aromatic nitrogens is 2. The van der Waals surface area contributed by atoms with Gasteiger partial charge in [-0.2, -0.15) is 0 Å². The number of rotatable bonds is 5. The van der Waals surface area contributed by atoms with Crippen LogP contribution in [0.5, 0.6) is 0 Å². The Morgan fingerprint density at radius 1 is 1.14 bits per heavy atom. The van der Waals surface area contributed by atoms with Crippen molar-refractivity contribution in [3.05, 3.63) is 47.0 Å². The average Bonchev–Trinajstić information content (AvgIpc) is 2.46. The number of carbonyl (C=O) groups is 1. The summed E-state index contributed by atoms with van der Waals surface area (Å²) >= 11 is 6.10. The maximum absolute atomic E-state index is 11.8. The number of nitrogens with zero attached hydrogens (tertiary/aromatic N) is 2. The monoisotopic (exact) mass is 316 g/mol. The molecule has 1 fully saturated rings. The molecule has 0 unspecified atom stereocenters. The third-order valence-corrected chi connectivity index (χ3v) is 4.18. The fraction of sp³-hybridized carbons (Fsp3) is 0.312. The summed E-state index contributed by atoms with van der Waals surface area (Å²) in [6, 6.07) is 11.2. The highest BCUT2D eigenvalue weighted by molar-refractivity contribution is 6.31. The van der Waals surface area contributed by atoms with E-state index in [-0.39, 0.29) is 11.8 Å². The first-order chi connectivity index (χ1) is 10.7. The van der Waals surface area contributed by atoms with Gasteiger partial charge in [-0.05, 0) is 36.6 Å². The van der Waals surface area contributed by atoms with Crippen LogP contribution in [0.2, 0.25) is 5.02 Å². The van der Waals surface area contributed by atoms with E-state index in [1.165, 1.54) is 0 Å². The van der Waals surface area contributed by atoms with Crippen LogP contribution in [-0.2, 0) is 11.3 Å². The molecule has 1 aliphatic rings. The third kappa shape index (κ3) is 3.54. The standard InChI is InChI=1S/C16H17ClN4O/c17-13-7-2-1-4-12(13)10-18-14-8-9-15(21-20-14)19-16(22)11-5-3-6-11/h1-2,4,7-9,11H,3,5-6,10H2,(H,18,20)(H,19,21,22). The molecule has 6 heteroatoms. The Labute approximate surface area is 134 Å². The zero-order chi connectivity index (χ0) is 15.4. The predicted octanol–water partition coefficient (Wildman–Crippen LogP) is 3.48.